The number of nitrogens with zero attached hydrogens (tertiary/aromatic N) is 1. The zero-order valence-electron chi connectivity index (χ0n) is 11.4. The molecule has 18 heavy (non-hydrogen) atoms. The van der Waals surface area contributed by atoms with Crippen LogP contribution in [0.5, 0.6) is 0 Å². The monoisotopic (exact) mass is 281 g/mol. The number of hydrogen-bond acceptors (Lipinski definition) is 4. The summed E-state index contributed by atoms with van der Waals surface area (Å²) in [5.74, 6) is 0. The molecule has 0 aromatic carbocycles. The van der Waals surface area contributed by atoms with Crippen LogP contribution in [-0.2, 0) is 15.8 Å². The topological polar surface area (TPSA) is 87.1 Å². The van der Waals surface area contributed by atoms with E-state index in [2.05, 4.69) is 0 Å². The van der Waals surface area contributed by atoms with Gasteiger partial charge in [-0.3, -0.25) is 0 Å². The zero-order valence-corrected chi connectivity index (χ0v) is 12.2. The van der Waals surface area contributed by atoms with E-state index in [4.69, 9.17) is 13.5 Å². The minimum atomic E-state index is -1.61. The summed E-state index contributed by atoms with van der Waals surface area (Å²) in [6.45, 7) is 6.74. The molecule has 6 nitrogen and oxygen atoms in total. The summed E-state index contributed by atoms with van der Waals surface area (Å²) in [7, 11) is 0. The Morgan fingerprint density at radius 2 is 1.72 bits per heavy atom. The van der Waals surface area contributed by atoms with Crippen LogP contribution < -0.4 is 0 Å². The molecular formula is C11H23NO5S. The summed E-state index contributed by atoms with van der Waals surface area (Å²) in [6, 6.07) is 0. The van der Waals surface area contributed by atoms with Gasteiger partial charge in [-0.25, -0.2) is 9.00 Å². The fourth-order valence-corrected chi connectivity index (χ4v) is 1.37. The standard InChI is InChI=1S/C10H19NO3.CH4O2S/c1-10(2,3)14-9(13)11-6-4-8(12)5-7-11;1-4(2)3/h8,12H,4-7H2,1-3H3;1H3,(H,2,3). The van der Waals surface area contributed by atoms with Crippen LogP contribution in [0.2, 0.25) is 0 Å². The first-order chi connectivity index (χ1) is 8.11. The fourth-order valence-electron chi connectivity index (χ4n) is 1.37. The van der Waals surface area contributed by atoms with Crippen molar-refractivity contribution in [3.63, 3.8) is 0 Å². The largest absolute Gasteiger partial charge is 0.444 e. The lowest BCUT2D eigenvalue weighted by Gasteiger charge is -2.31. The molecule has 1 heterocycles. The summed E-state index contributed by atoms with van der Waals surface area (Å²) in [6.07, 6.45) is 1.97. The molecule has 0 bridgehead atoms. The SMILES string of the molecule is CC(C)(C)OC(=O)N1CCC(O)CC1.CS(=O)O. The third-order valence-electron chi connectivity index (χ3n) is 2.12. The smallest absolute Gasteiger partial charge is 0.410 e. The Balaban J connectivity index is 0.000000631. The van der Waals surface area contributed by atoms with E-state index in [0.29, 0.717) is 25.9 Å². The quantitative estimate of drug-likeness (QED) is 0.652. The van der Waals surface area contributed by atoms with E-state index in [1.807, 2.05) is 20.8 Å². The molecule has 1 saturated heterocycles. The van der Waals surface area contributed by atoms with Crippen molar-refractivity contribution < 1.29 is 23.4 Å². The Bertz CT molecular complexity index is 278. The highest BCUT2D eigenvalue weighted by Crippen LogP contribution is 2.14. The molecule has 7 heteroatoms. The van der Waals surface area contributed by atoms with Gasteiger partial charge in [-0.1, -0.05) is 0 Å². The Morgan fingerprint density at radius 1 is 1.33 bits per heavy atom. The lowest BCUT2D eigenvalue weighted by Crippen LogP contribution is -2.42. The van der Waals surface area contributed by atoms with Crippen molar-refractivity contribution >= 4 is 17.2 Å². The maximum absolute atomic E-state index is 11.5. The molecule has 1 unspecified atom stereocenters. The molecule has 1 rings (SSSR count). The van der Waals surface area contributed by atoms with Crippen molar-refractivity contribution in [2.24, 2.45) is 0 Å². The predicted molar refractivity (Wildman–Crippen MR) is 69.7 cm³/mol. The van der Waals surface area contributed by atoms with E-state index in [1.165, 1.54) is 6.26 Å². The predicted octanol–water partition coefficient (Wildman–Crippen LogP) is 1.22. The Labute approximate surface area is 111 Å². The molecule has 1 amide bonds. The lowest BCUT2D eigenvalue weighted by atomic mass is 10.1. The number of piperidine rings is 1. The number of carbonyl (C=O) groups excluding carboxylic acids is 1. The van der Waals surface area contributed by atoms with Gasteiger partial charge in [0.05, 0.1) is 6.10 Å². The first kappa shape index (κ1) is 17.3. The van der Waals surface area contributed by atoms with Crippen LogP contribution in [-0.4, -0.2) is 55.9 Å². The molecule has 0 aromatic rings. The Hall–Kier alpha value is -0.660. The van der Waals surface area contributed by atoms with Crippen LogP contribution in [0.15, 0.2) is 0 Å². The Morgan fingerprint density at radius 3 is 2.06 bits per heavy atom. The van der Waals surface area contributed by atoms with Crippen molar-refractivity contribution in [2.75, 3.05) is 19.3 Å². The second-order valence-electron chi connectivity index (χ2n) is 5.12. The third-order valence-corrected chi connectivity index (χ3v) is 2.12. The van der Waals surface area contributed by atoms with Gasteiger partial charge in [0.1, 0.15) is 16.7 Å². The highest BCUT2D eigenvalue weighted by molar-refractivity contribution is 7.78. The summed E-state index contributed by atoms with van der Waals surface area (Å²) in [5.41, 5.74) is -0.437. The van der Waals surface area contributed by atoms with E-state index in [0.717, 1.165) is 0 Å². The lowest BCUT2D eigenvalue weighted by molar-refractivity contribution is 0.0101. The number of hydrogen-bond donors (Lipinski definition) is 2. The summed E-state index contributed by atoms with van der Waals surface area (Å²) >= 11 is -1.61. The van der Waals surface area contributed by atoms with Gasteiger partial charge in [-0.05, 0) is 33.6 Å². The normalized spacial score (nSPS) is 18.7. The summed E-state index contributed by atoms with van der Waals surface area (Å²) in [4.78, 5) is 13.2. The number of amides is 1. The first-order valence-electron chi connectivity index (χ1n) is 5.80. The first-order valence-corrected chi connectivity index (χ1v) is 7.32. The van der Waals surface area contributed by atoms with Crippen LogP contribution in [0.3, 0.4) is 0 Å². The maximum atomic E-state index is 11.5. The zero-order chi connectivity index (χ0) is 14.3. The van der Waals surface area contributed by atoms with Crippen LogP contribution in [0.4, 0.5) is 4.79 Å². The fraction of sp³-hybridized carbons (Fsp3) is 0.909. The molecule has 1 atom stereocenters. The van der Waals surface area contributed by atoms with E-state index in [-0.39, 0.29) is 12.2 Å². The number of aliphatic hydroxyl groups is 1. The number of ether oxygens (including phenoxy) is 1. The minimum absolute atomic E-state index is 0.256. The maximum Gasteiger partial charge on any atom is 0.410 e. The number of carbonyl (C=O) groups is 1. The molecule has 0 radical (unpaired) electrons. The number of aliphatic hydroxyl groups excluding tert-OH is 1. The molecule has 1 aliphatic rings. The van der Waals surface area contributed by atoms with Crippen molar-refractivity contribution in [3.05, 3.63) is 0 Å². The molecule has 2 N–H and O–H groups in total. The molecular weight excluding hydrogens is 258 g/mol. The molecule has 0 spiro atoms. The van der Waals surface area contributed by atoms with Crippen molar-refractivity contribution in [2.45, 2.75) is 45.3 Å². The molecule has 1 fully saturated rings. The highest BCUT2D eigenvalue weighted by atomic mass is 32.2. The van der Waals surface area contributed by atoms with Gasteiger partial charge in [0.2, 0.25) is 0 Å². The second kappa shape index (κ2) is 7.70. The summed E-state index contributed by atoms with van der Waals surface area (Å²) < 4.78 is 21.9. The van der Waals surface area contributed by atoms with Gasteiger partial charge in [-0.2, -0.15) is 0 Å². The molecule has 0 aliphatic carbocycles. The second-order valence-corrected chi connectivity index (χ2v) is 5.97. The van der Waals surface area contributed by atoms with Gasteiger partial charge in [-0.15, -0.1) is 0 Å². The number of rotatable bonds is 0. The van der Waals surface area contributed by atoms with E-state index in [9.17, 15) is 9.90 Å². The van der Waals surface area contributed by atoms with Crippen LogP contribution >= 0.6 is 0 Å². The molecule has 1 aliphatic heterocycles. The average molecular weight is 281 g/mol. The van der Waals surface area contributed by atoms with Crippen molar-refractivity contribution in [1.82, 2.24) is 4.90 Å². The van der Waals surface area contributed by atoms with Crippen LogP contribution in [0.1, 0.15) is 33.6 Å². The van der Waals surface area contributed by atoms with Gasteiger partial charge in [0.15, 0.2) is 0 Å². The van der Waals surface area contributed by atoms with Crippen LogP contribution in [0, 0.1) is 0 Å². The van der Waals surface area contributed by atoms with Crippen LogP contribution in [0.25, 0.3) is 0 Å². The van der Waals surface area contributed by atoms with Gasteiger partial charge in [0, 0.05) is 19.3 Å². The van der Waals surface area contributed by atoms with Gasteiger partial charge >= 0.3 is 6.09 Å². The third kappa shape index (κ3) is 9.38. The number of likely N-dealkylation sites (tertiary alicyclic amines) is 1. The van der Waals surface area contributed by atoms with Gasteiger partial charge < -0.3 is 19.3 Å². The van der Waals surface area contributed by atoms with Crippen molar-refractivity contribution in [1.29, 1.82) is 0 Å². The van der Waals surface area contributed by atoms with E-state index in [1.54, 1.807) is 4.90 Å². The molecule has 0 saturated carbocycles. The highest BCUT2D eigenvalue weighted by Gasteiger charge is 2.25. The van der Waals surface area contributed by atoms with E-state index < -0.39 is 16.7 Å². The average Bonchev–Trinajstić information content (AvgIpc) is 2.14. The molecule has 0 aromatic heterocycles. The molecule has 108 valence electrons. The summed E-state index contributed by atoms with van der Waals surface area (Å²) in [5, 5.41) is 9.26. The minimum Gasteiger partial charge on any atom is -0.444 e. The van der Waals surface area contributed by atoms with E-state index >= 15 is 0 Å². The van der Waals surface area contributed by atoms with Crippen molar-refractivity contribution in [3.8, 4) is 0 Å². The Kier molecular flexibility index (Phi) is 7.42. The van der Waals surface area contributed by atoms with Gasteiger partial charge in [0.25, 0.3) is 0 Å².